The van der Waals surface area contributed by atoms with Crippen LogP contribution in [0.3, 0.4) is 0 Å². The van der Waals surface area contributed by atoms with Crippen LogP contribution in [0.1, 0.15) is 25.3 Å². The molecule has 0 amide bonds. The lowest BCUT2D eigenvalue weighted by Crippen LogP contribution is -2.53. The number of halogens is 1. The van der Waals surface area contributed by atoms with Crippen molar-refractivity contribution < 1.29 is 14.3 Å². The van der Waals surface area contributed by atoms with E-state index < -0.39 is 5.97 Å². The molecule has 1 fully saturated rings. The molecule has 1 heterocycles. The van der Waals surface area contributed by atoms with Crippen LogP contribution in [-0.4, -0.2) is 50.9 Å². The summed E-state index contributed by atoms with van der Waals surface area (Å²) in [4.78, 5) is 12.9. The maximum atomic E-state index is 13.0. The number of carbonyl (C=O) groups is 1. The zero-order chi connectivity index (χ0) is 17.8. The average Bonchev–Trinajstić information content (AvgIpc) is 3.01. The number of benzene rings is 1. The second-order valence-electron chi connectivity index (χ2n) is 6.43. The van der Waals surface area contributed by atoms with Crippen LogP contribution in [0.5, 0.6) is 0 Å². The van der Waals surface area contributed by atoms with E-state index in [1.807, 2.05) is 18.0 Å². The van der Waals surface area contributed by atoms with Gasteiger partial charge < -0.3 is 10.4 Å². The minimum Gasteiger partial charge on any atom is -0.480 e. The van der Waals surface area contributed by atoms with Gasteiger partial charge in [0.25, 0.3) is 0 Å². The molecule has 6 nitrogen and oxygen atoms in total. The van der Waals surface area contributed by atoms with Crippen molar-refractivity contribution in [2.75, 3.05) is 13.1 Å². The molecule has 0 saturated heterocycles. The lowest BCUT2D eigenvalue weighted by molar-refractivity contribution is -0.139. The molecule has 2 N–H and O–H groups in total. The van der Waals surface area contributed by atoms with Crippen LogP contribution in [0, 0.1) is 5.82 Å². The zero-order valence-electron chi connectivity index (χ0n) is 14.2. The molecule has 3 rings (SSSR count). The van der Waals surface area contributed by atoms with E-state index in [0.29, 0.717) is 18.6 Å². The van der Waals surface area contributed by atoms with Crippen LogP contribution >= 0.6 is 0 Å². The topological polar surface area (TPSA) is 70.4 Å². The number of nitrogens with zero attached hydrogens (tertiary/aromatic N) is 3. The fraction of sp³-hybridized carbons (Fsp3) is 0.444. The first-order valence-electron chi connectivity index (χ1n) is 8.54. The predicted molar refractivity (Wildman–Crippen MR) is 92.1 cm³/mol. The number of hydrogen-bond acceptors (Lipinski definition) is 4. The number of rotatable bonds is 8. The Morgan fingerprint density at radius 2 is 2.12 bits per heavy atom. The van der Waals surface area contributed by atoms with Gasteiger partial charge in [-0.25, -0.2) is 9.07 Å². The molecule has 2 aromatic rings. The van der Waals surface area contributed by atoms with E-state index in [9.17, 15) is 9.18 Å². The Labute approximate surface area is 146 Å². The molecule has 1 aliphatic rings. The van der Waals surface area contributed by atoms with E-state index in [1.165, 1.54) is 12.1 Å². The number of carboxylic acids is 1. The van der Waals surface area contributed by atoms with E-state index in [-0.39, 0.29) is 12.4 Å². The number of aromatic nitrogens is 2. The minimum absolute atomic E-state index is 0.109. The van der Waals surface area contributed by atoms with Crippen molar-refractivity contribution in [2.45, 2.75) is 38.4 Å². The number of likely N-dealkylation sites (N-methyl/N-ethyl adjacent to an activating group) is 1. The molecule has 0 aliphatic heterocycles. The monoisotopic (exact) mass is 346 g/mol. The first-order valence-corrected chi connectivity index (χ1v) is 8.54. The molecule has 0 bridgehead atoms. The summed E-state index contributed by atoms with van der Waals surface area (Å²) in [6.07, 6.45) is 5.66. The highest BCUT2D eigenvalue weighted by molar-refractivity contribution is 5.69. The fourth-order valence-electron chi connectivity index (χ4n) is 3.17. The third-order valence-corrected chi connectivity index (χ3v) is 4.70. The van der Waals surface area contributed by atoms with E-state index in [2.05, 4.69) is 10.4 Å². The minimum atomic E-state index is -0.772. The Hall–Kier alpha value is -2.25. The van der Waals surface area contributed by atoms with Gasteiger partial charge in [-0.05, 0) is 43.7 Å². The number of nitrogens with one attached hydrogen (secondary N) is 1. The van der Waals surface area contributed by atoms with Gasteiger partial charge in [-0.3, -0.25) is 9.69 Å². The summed E-state index contributed by atoms with van der Waals surface area (Å²) in [5.41, 5.74) is 1.88. The van der Waals surface area contributed by atoms with Crippen molar-refractivity contribution in [3.05, 3.63) is 48.0 Å². The molecular formula is C18H23FN4O2. The standard InChI is InChI=1S/C18H23FN4O2/c1-2-22(12-18(24)25)17-7-15(8-17)20-9-13-10-21-23(11-13)16-5-3-14(19)4-6-16/h3-6,10-11,15,17,20H,2,7-9,12H2,1H3,(H,24,25). The first-order chi connectivity index (χ1) is 12.0. The van der Waals surface area contributed by atoms with Crippen LogP contribution in [0.2, 0.25) is 0 Å². The summed E-state index contributed by atoms with van der Waals surface area (Å²) in [6, 6.07) is 6.97. The lowest BCUT2D eigenvalue weighted by atomic mass is 9.85. The van der Waals surface area contributed by atoms with E-state index in [1.54, 1.807) is 23.0 Å². The van der Waals surface area contributed by atoms with Crippen LogP contribution in [-0.2, 0) is 11.3 Å². The van der Waals surface area contributed by atoms with E-state index in [0.717, 1.165) is 30.6 Å². The highest BCUT2D eigenvalue weighted by Gasteiger charge is 2.33. The average molecular weight is 346 g/mol. The van der Waals surface area contributed by atoms with E-state index in [4.69, 9.17) is 5.11 Å². The van der Waals surface area contributed by atoms with Crippen LogP contribution in [0.15, 0.2) is 36.7 Å². The molecule has 0 unspecified atom stereocenters. The first kappa shape index (κ1) is 17.6. The van der Waals surface area contributed by atoms with E-state index >= 15 is 0 Å². The van der Waals surface area contributed by atoms with Crippen molar-refractivity contribution in [3.8, 4) is 5.69 Å². The smallest absolute Gasteiger partial charge is 0.317 e. The van der Waals surface area contributed by atoms with Crippen molar-refractivity contribution >= 4 is 5.97 Å². The summed E-state index contributed by atoms with van der Waals surface area (Å²) >= 11 is 0. The second-order valence-corrected chi connectivity index (χ2v) is 6.43. The SMILES string of the molecule is CCN(CC(=O)O)C1CC(NCc2cnn(-c3ccc(F)cc3)c2)C1. The van der Waals surface area contributed by atoms with Gasteiger partial charge in [0, 0.05) is 30.4 Å². The summed E-state index contributed by atoms with van der Waals surface area (Å²) in [6.45, 7) is 3.57. The third-order valence-electron chi connectivity index (χ3n) is 4.70. The quantitative estimate of drug-likeness (QED) is 0.765. The Kier molecular flexibility index (Phi) is 5.45. The molecule has 134 valence electrons. The third kappa shape index (κ3) is 4.43. The number of carboxylic acid groups (broad SMARTS) is 1. The molecule has 1 aromatic carbocycles. The van der Waals surface area contributed by atoms with Crippen molar-refractivity contribution in [2.24, 2.45) is 0 Å². The van der Waals surface area contributed by atoms with Crippen LogP contribution < -0.4 is 5.32 Å². The van der Waals surface area contributed by atoms with Gasteiger partial charge in [0.2, 0.25) is 0 Å². The molecule has 0 atom stereocenters. The zero-order valence-corrected chi connectivity index (χ0v) is 14.2. The second kappa shape index (κ2) is 7.76. The predicted octanol–water partition coefficient (Wildman–Crippen LogP) is 2.04. The summed E-state index contributed by atoms with van der Waals surface area (Å²) in [7, 11) is 0. The number of aliphatic carboxylic acids is 1. The molecule has 1 aliphatic carbocycles. The largest absolute Gasteiger partial charge is 0.480 e. The molecule has 0 radical (unpaired) electrons. The highest BCUT2D eigenvalue weighted by Crippen LogP contribution is 2.25. The number of hydrogen-bond donors (Lipinski definition) is 2. The van der Waals surface area contributed by atoms with Crippen molar-refractivity contribution in [1.82, 2.24) is 20.0 Å². The van der Waals surface area contributed by atoms with Gasteiger partial charge in [0.15, 0.2) is 0 Å². The lowest BCUT2D eigenvalue weighted by Gasteiger charge is -2.42. The molecule has 1 aromatic heterocycles. The van der Waals surface area contributed by atoms with Gasteiger partial charge in [0.05, 0.1) is 18.4 Å². The fourth-order valence-corrected chi connectivity index (χ4v) is 3.17. The van der Waals surface area contributed by atoms with Gasteiger partial charge in [-0.2, -0.15) is 5.10 Å². The van der Waals surface area contributed by atoms with Crippen LogP contribution in [0.25, 0.3) is 5.69 Å². The van der Waals surface area contributed by atoms with Crippen molar-refractivity contribution in [3.63, 3.8) is 0 Å². The Morgan fingerprint density at radius 3 is 2.76 bits per heavy atom. The summed E-state index contributed by atoms with van der Waals surface area (Å²) < 4.78 is 14.7. The maximum Gasteiger partial charge on any atom is 0.317 e. The molecule has 0 spiro atoms. The Bertz CT molecular complexity index is 710. The summed E-state index contributed by atoms with van der Waals surface area (Å²) in [5, 5.41) is 16.7. The van der Waals surface area contributed by atoms with Gasteiger partial charge in [-0.15, -0.1) is 0 Å². The highest BCUT2D eigenvalue weighted by atomic mass is 19.1. The molecular weight excluding hydrogens is 323 g/mol. The molecule has 25 heavy (non-hydrogen) atoms. The Morgan fingerprint density at radius 1 is 1.40 bits per heavy atom. The summed E-state index contributed by atoms with van der Waals surface area (Å²) in [5.74, 6) is -1.03. The van der Waals surface area contributed by atoms with Gasteiger partial charge >= 0.3 is 5.97 Å². The normalized spacial score (nSPS) is 19.8. The molecule has 7 heteroatoms. The maximum absolute atomic E-state index is 13.0. The molecule has 1 saturated carbocycles. The Balaban J connectivity index is 1.46. The van der Waals surface area contributed by atoms with Gasteiger partial charge in [0.1, 0.15) is 5.82 Å². The van der Waals surface area contributed by atoms with Crippen LogP contribution in [0.4, 0.5) is 4.39 Å². The van der Waals surface area contributed by atoms with Gasteiger partial charge in [-0.1, -0.05) is 6.92 Å². The van der Waals surface area contributed by atoms with Crippen molar-refractivity contribution in [1.29, 1.82) is 0 Å².